The van der Waals surface area contributed by atoms with Crippen LogP contribution in [-0.4, -0.2) is 37.2 Å². The Bertz CT molecular complexity index is 916. The first kappa shape index (κ1) is 57.1. The van der Waals surface area contributed by atoms with Gasteiger partial charge in [0.15, 0.2) is 6.10 Å². The summed E-state index contributed by atoms with van der Waals surface area (Å²) in [7, 11) is 0. The van der Waals surface area contributed by atoms with E-state index >= 15 is 0 Å². The Balaban J connectivity index is 3.96. The Kier molecular flexibility index (Phi) is 47.3. The molecule has 0 aromatic carbocycles. The fourth-order valence-corrected chi connectivity index (χ4v) is 7.78. The molecule has 0 amide bonds. The van der Waals surface area contributed by atoms with Crippen LogP contribution in [0.25, 0.3) is 0 Å². The van der Waals surface area contributed by atoms with Crippen LogP contribution < -0.4 is 0 Å². The van der Waals surface area contributed by atoms with E-state index in [0.717, 1.165) is 70.6 Å². The van der Waals surface area contributed by atoms with Crippen LogP contribution in [0.5, 0.6) is 0 Å². The molecule has 1 atom stereocenters. The van der Waals surface area contributed by atoms with Gasteiger partial charge in [-0.15, -0.1) is 0 Å². The summed E-state index contributed by atoms with van der Waals surface area (Å²) in [6.45, 7) is 6.54. The van der Waals surface area contributed by atoms with Crippen molar-refractivity contribution in [1.29, 1.82) is 0 Å². The molecule has 348 valence electrons. The topological polar surface area (TPSA) is 78.9 Å². The molecule has 0 heterocycles. The van der Waals surface area contributed by atoms with Crippen molar-refractivity contribution in [2.24, 2.45) is 0 Å². The summed E-state index contributed by atoms with van der Waals surface area (Å²) in [4.78, 5) is 37.5. The van der Waals surface area contributed by atoms with E-state index < -0.39 is 6.10 Å². The van der Waals surface area contributed by atoms with Crippen molar-refractivity contribution in [3.8, 4) is 0 Å². The lowest BCUT2D eigenvalue weighted by Crippen LogP contribution is -2.30. The fraction of sp³-hybridized carbons (Fsp3) is 0.906. The summed E-state index contributed by atoms with van der Waals surface area (Å²) in [5, 5.41) is 0. The number of ether oxygens (including phenoxy) is 3. The third kappa shape index (κ3) is 47.1. The van der Waals surface area contributed by atoms with Gasteiger partial charge >= 0.3 is 17.9 Å². The molecule has 0 aliphatic rings. The Labute approximate surface area is 367 Å². The van der Waals surface area contributed by atoms with Crippen LogP contribution >= 0.6 is 0 Å². The highest BCUT2D eigenvalue weighted by molar-refractivity contribution is 5.71. The van der Waals surface area contributed by atoms with Gasteiger partial charge in [0.25, 0.3) is 0 Å². The van der Waals surface area contributed by atoms with Crippen molar-refractivity contribution in [2.75, 3.05) is 13.2 Å². The van der Waals surface area contributed by atoms with Crippen molar-refractivity contribution in [1.82, 2.24) is 0 Å². The second-order valence-electron chi connectivity index (χ2n) is 17.8. The van der Waals surface area contributed by atoms with Crippen LogP contribution in [0.4, 0.5) is 0 Å². The highest BCUT2D eigenvalue weighted by atomic mass is 16.6. The number of rotatable bonds is 48. The van der Waals surface area contributed by atoms with Gasteiger partial charge in [0.1, 0.15) is 13.2 Å². The van der Waals surface area contributed by atoms with Crippen LogP contribution in [0, 0.1) is 0 Å². The normalized spacial score (nSPS) is 12.0. The average molecular weight is 833 g/mol. The van der Waals surface area contributed by atoms with E-state index in [2.05, 4.69) is 32.9 Å². The maximum atomic E-state index is 12.7. The molecule has 0 saturated carbocycles. The van der Waals surface area contributed by atoms with Crippen molar-refractivity contribution < 1.29 is 28.6 Å². The van der Waals surface area contributed by atoms with Gasteiger partial charge in [0.2, 0.25) is 0 Å². The molecule has 0 aromatic rings. The highest BCUT2D eigenvalue weighted by Gasteiger charge is 2.19. The maximum Gasteiger partial charge on any atom is 0.306 e. The van der Waals surface area contributed by atoms with Gasteiger partial charge in [-0.3, -0.25) is 14.4 Å². The number of carbonyl (C=O) groups excluding carboxylic acids is 3. The predicted molar refractivity (Wildman–Crippen MR) is 252 cm³/mol. The summed E-state index contributed by atoms with van der Waals surface area (Å²) in [5.74, 6) is -0.882. The van der Waals surface area contributed by atoms with E-state index in [-0.39, 0.29) is 31.1 Å². The monoisotopic (exact) mass is 833 g/mol. The number of hydrogen-bond donors (Lipinski definition) is 0. The molecule has 6 nitrogen and oxygen atoms in total. The van der Waals surface area contributed by atoms with Gasteiger partial charge in [-0.1, -0.05) is 245 Å². The second kappa shape index (κ2) is 48.8. The smallest absolute Gasteiger partial charge is 0.306 e. The van der Waals surface area contributed by atoms with Gasteiger partial charge in [-0.25, -0.2) is 0 Å². The van der Waals surface area contributed by atoms with Crippen LogP contribution in [0.3, 0.4) is 0 Å². The minimum Gasteiger partial charge on any atom is -0.462 e. The lowest BCUT2D eigenvalue weighted by molar-refractivity contribution is -0.167. The number of allylic oxidation sites excluding steroid dienone is 2. The molecule has 1 unspecified atom stereocenters. The van der Waals surface area contributed by atoms with E-state index in [0.29, 0.717) is 19.3 Å². The van der Waals surface area contributed by atoms with E-state index in [1.165, 1.54) is 180 Å². The molecule has 59 heavy (non-hydrogen) atoms. The number of unbranched alkanes of at least 4 members (excludes halogenated alkanes) is 35. The lowest BCUT2D eigenvalue weighted by Gasteiger charge is -2.18. The molecule has 0 N–H and O–H groups in total. The third-order valence-corrected chi connectivity index (χ3v) is 11.8. The first-order chi connectivity index (χ1) is 29.0. The van der Waals surface area contributed by atoms with Crippen LogP contribution in [0.15, 0.2) is 12.2 Å². The molecule has 0 spiro atoms. The molecule has 0 radical (unpaired) electrons. The molecule has 0 fully saturated rings. The quantitative estimate of drug-likeness (QED) is 0.0263. The van der Waals surface area contributed by atoms with Gasteiger partial charge in [-0.05, 0) is 38.5 Å². The lowest BCUT2D eigenvalue weighted by atomic mass is 10.0. The Morgan fingerprint density at radius 1 is 0.322 bits per heavy atom. The molecule has 0 aliphatic carbocycles. The summed E-state index contributed by atoms with van der Waals surface area (Å²) < 4.78 is 16.6. The third-order valence-electron chi connectivity index (χ3n) is 11.8. The Morgan fingerprint density at radius 2 is 0.576 bits per heavy atom. The molecule has 0 rings (SSSR count). The van der Waals surface area contributed by atoms with Crippen LogP contribution in [-0.2, 0) is 28.6 Å². The minimum atomic E-state index is -0.765. The van der Waals surface area contributed by atoms with E-state index in [4.69, 9.17) is 14.2 Å². The number of carbonyl (C=O) groups is 3. The van der Waals surface area contributed by atoms with Crippen molar-refractivity contribution in [3.63, 3.8) is 0 Å². The fourth-order valence-electron chi connectivity index (χ4n) is 7.78. The van der Waals surface area contributed by atoms with Gasteiger partial charge in [0, 0.05) is 19.3 Å². The van der Waals surface area contributed by atoms with Gasteiger partial charge in [-0.2, -0.15) is 0 Å². The van der Waals surface area contributed by atoms with Crippen LogP contribution in [0.1, 0.15) is 290 Å². The maximum absolute atomic E-state index is 12.7. The predicted octanol–water partition coefficient (Wildman–Crippen LogP) is 17.0. The summed E-state index contributed by atoms with van der Waals surface area (Å²) >= 11 is 0. The summed E-state index contributed by atoms with van der Waals surface area (Å²) in [6, 6.07) is 0. The largest absolute Gasteiger partial charge is 0.462 e. The molecule has 6 heteroatoms. The standard InChI is InChI=1S/C53H100O6/c1-4-7-10-13-15-17-19-20-21-22-23-24-25-26-27-28-29-30-31-32-34-35-37-40-43-46-52(55)58-49-50(48-57-51(54)45-42-39-12-9-6-3)59-53(56)47-44-41-38-36-33-18-16-14-11-8-5-2/h14,16,50H,4-13,15,17-49H2,1-3H3/b16-14-. The van der Waals surface area contributed by atoms with E-state index in [1.54, 1.807) is 0 Å². The highest BCUT2D eigenvalue weighted by Crippen LogP contribution is 2.17. The SMILES string of the molecule is CCCC/C=C\CCCCCCCC(=O)OC(COC(=O)CCCCCCC)COC(=O)CCCCCCCCCCCCCCCCCCCCCCCCCCC. The van der Waals surface area contributed by atoms with E-state index in [9.17, 15) is 14.4 Å². The Morgan fingerprint density at radius 3 is 0.898 bits per heavy atom. The first-order valence-electron chi connectivity index (χ1n) is 26.2. The zero-order valence-corrected chi connectivity index (χ0v) is 39.8. The molecular formula is C53H100O6. The minimum absolute atomic E-state index is 0.0699. The number of esters is 3. The number of hydrogen-bond acceptors (Lipinski definition) is 6. The molecule has 0 aliphatic heterocycles. The van der Waals surface area contributed by atoms with Gasteiger partial charge in [0.05, 0.1) is 0 Å². The van der Waals surface area contributed by atoms with Crippen molar-refractivity contribution >= 4 is 17.9 Å². The zero-order chi connectivity index (χ0) is 43.0. The zero-order valence-electron chi connectivity index (χ0n) is 39.8. The summed E-state index contributed by atoms with van der Waals surface area (Å²) in [6.07, 6.45) is 54.0. The van der Waals surface area contributed by atoms with Crippen molar-refractivity contribution in [2.45, 2.75) is 297 Å². The Hall–Kier alpha value is -1.85. The first-order valence-corrected chi connectivity index (χ1v) is 26.2. The van der Waals surface area contributed by atoms with Gasteiger partial charge < -0.3 is 14.2 Å². The second-order valence-corrected chi connectivity index (χ2v) is 17.8. The summed E-state index contributed by atoms with van der Waals surface area (Å²) in [5.41, 5.74) is 0. The molecule has 0 saturated heterocycles. The van der Waals surface area contributed by atoms with Crippen LogP contribution in [0.2, 0.25) is 0 Å². The van der Waals surface area contributed by atoms with E-state index in [1.807, 2.05) is 0 Å². The molecule has 0 bridgehead atoms. The average Bonchev–Trinajstić information content (AvgIpc) is 3.23. The van der Waals surface area contributed by atoms with Crippen molar-refractivity contribution in [3.05, 3.63) is 12.2 Å². The molecule has 0 aromatic heterocycles. The molecular weight excluding hydrogens is 733 g/mol.